The van der Waals surface area contributed by atoms with Gasteiger partial charge in [-0.05, 0) is 55.0 Å². The summed E-state index contributed by atoms with van der Waals surface area (Å²) in [7, 11) is 0. The highest BCUT2D eigenvalue weighted by Crippen LogP contribution is 2.25. The van der Waals surface area contributed by atoms with E-state index < -0.39 is 0 Å². The fourth-order valence-electron chi connectivity index (χ4n) is 2.89. The van der Waals surface area contributed by atoms with E-state index >= 15 is 0 Å². The lowest BCUT2D eigenvalue weighted by Crippen LogP contribution is -2.31. The molecule has 0 saturated carbocycles. The van der Waals surface area contributed by atoms with Gasteiger partial charge in [0, 0.05) is 0 Å². The molecule has 3 rings (SSSR count). The molecule has 3 heteroatoms. The van der Waals surface area contributed by atoms with Gasteiger partial charge in [-0.1, -0.05) is 36.4 Å². The zero-order chi connectivity index (χ0) is 15.4. The summed E-state index contributed by atoms with van der Waals surface area (Å²) in [5.41, 5.74) is 4.04. The number of nitrogens with one attached hydrogen (secondary N) is 1. The lowest BCUT2D eigenvalue weighted by molar-refractivity contribution is -0.123. The average Bonchev–Trinajstić information content (AvgIpc) is 3.01. The fourth-order valence-corrected chi connectivity index (χ4v) is 2.89. The lowest BCUT2D eigenvalue weighted by Gasteiger charge is -2.16. The van der Waals surface area contributed by atoms with Crippen molar-refractivity contribution in [2.24, 2.45) is 0 Å². The fraction of sp³-hybridized carbons (Fsp3) is 0.316. The first-order chi connectivity index (χ1) is 10.7. The standard InChI is InChI=1S/C19H21NO2/c1-14(16-11-10-15-6-5-7-17(15)12-16)20-19(21)13-22-18-8-3-2-4-9-18/h2-4,8-12,14H,5-7,13H2,1H3,(H,20,21). The molecule has 0 radical (unpaired) electrons. The van der Waals surface area contributed by atoms with Crippen molar-refractivity contribution in [2.45, 2.75) is 32.2 Å². The van der Waals surface area contributed by atoms with Crippen LogP contribution in [0, 0.1) is 0 Å². The van der Waals surface area contributed by atoms with Crippen molar-refractivity contribution < 1.29 is 9.53 Å². The average molecular weight is 295 g/mol. The van der Waals surface area contributed by atoms with Crippen molar-refractivity contribution in [3.8, 4) is 5.75 Å². The molecule has 0 fully saturated rings. The van der Waals surface area contributed by atoms with E-state index in [9.17, 15) is 4.79 Å². The molecule has 22 heavy (non-hydrogen) atoms. The Kier molecular flexibility index (Phi) is 4.42. The number of aryl methyl sites for hydroxylation is 2. The first-order valence-electron chi connectivity index (χ1n) is 7.81. The first kappa shape index (κ1) is 14.6. The van der Waals surface area contributed by atoms with E-state index in [1.165, 1.54) is 24.0 Å². The molecule has 0 aliphatic heterocycles. The van der Waals surface area contributed by atoms with Crippen molar-refractivity contribution in [1.29, 1.82) is 0 Å². The van der Waals surface area contributed by atoms with E-state index in [4.69, 9.17) is 4.74 Å². The molecule has 0 aromatic heterocycles. The van der Waals surface area contributed by atoms with Gasteiger partial charge in [-0.15, -0.1) is 0 Å². The van der Waals surface area contributed by atoms with E-state index in [2.05, 4.69) is 23.5 Å². The minimum atomic E-state index is -0.100. The third-order valence-electron chi connectivity index (χ3n) is 4.11. The van der Waals surface area contributed by atoms with Crippen LogP contribution < -0.4 is 10.1 Å². The van der Waals surface area contributed by atoms with Gasteiger partial charge in [0.05, 0.1) is 6.04 Å². The third kappa shape index (κ3) is 3.48. The smallest absolute Gasteiger partial charge is 0.258 e. The topological polar surface area (TPSA) is 38.3 Å². The number of carbonyl (C=O) groups is 1. The number of fused-ring (bicyclic) bond motifs is 1. The maximum Gasteiger partial charge on any atom is 0.258 e. The zero-order valence-electron chi connectivity index (χ0n) is 12.8. The molecule has 3 nitrogen and oxygen atoms in total. The monoisotopic (exact) mass is 295 g/mol. The molecule has 1 unspecified atom stereocenters. The Bertz CT molecular complexity index is 652. The molecular formula is C19H21NO2. The molecule has 2 aromatic carbocycles. The predicted octanol–water partition coefficient (Wildman–Crippen LogP) is 3.43. The number of benzene rings is 2. The van der Waals surface area contributed by atoms with Gasteiger partial charge in [-0.2, -0.15) is 0 Å². The lowest BCUT2D eigenvalue weighted by atomic mass is 10.0. The Balaban J connectivity index is 1.55. The normalized spacial score (nSPS) is 14.2. The van der Waals surface area contributed by atoms with Crippen molar-refractivity contribution in [1.82, 2.24) is 5.32 Å². The molecule has 0 heterocycles. The molecular weight excluding hydrogens is 274 g/mol. The molecule has 1 aliphatic carbocycles. The van der Waals surface area contributed by atoms with Crippen LogP contribution in [0.15, 0.2) is 48.5 Å². The highest BCUT2D eigenvalue weighted by Gasteiger charge is 2.15. The van der Waals surface area contributed by atoms with E-state index in [1.54, 1.807) is 0 Å². The van der Waals surface area contributed by atoms with Crippen molar-refractivity contribution in [3.05, 3.63) is 65.2 Å². The quantitative estimate of drug-likeness (QED) is 0.917. The van der Waals surface area contributed by atoms with Gasteiger partial charge in [-0.25, -0.2) is 0 Å². The molecule has 1 amide bonds. The van der Waals surface area contributed by atoms with Crippen molar-refractivity contribution >= 4 is 5.91 Å². The van der Waals surface area contributed by atoms with Crippen LogP contribution in [-0.4, -0.2) is 12.5 Å². The van der Waals surface area contributed by atoms with E-state index in [0.29, 0.717) is 5.75 Å². The second-order valence-electron chi connectivity index (χ2n) is 5.77. The number of rotatable bonds is 5. The van der Waals surface area contributed by atoms with Crippen LogP contribution in [0.1, 0.15) is 36.1 Å². The Hall–Kier alpha value is -2.29. The Labute approximate surface area is 131 Å². The van der Waals surface area contributed by atoms with Crippen LogP contribution >= 0.6 is 0 Å². The van der Waals surface area contributed by atoms with Gasteiger partial charge >= 0.3 is 0 Å². The third-order valence-corrected chi connectivity index (χ3v) is 4.11. The number of hydrogen-bond donors (Lipinski definition) is 1. The van der Waals surface area contributed by atoms with Gasteiger partial charge in [0.2, 0.25) is 0 Å². The maximum atomic E-state index is 12.0. The molecule has 114 valence electrons. The summed E-state index contributed by atoms with van der Waals surface area (Å²) in [4.78, 5) is 12.0. The number of amides is 1. The summed E-state index contributed by atoms with van der Waals surface area (Å²) in [6.45, 7) is 2.05. The summed E-state index contributed by atoms with van der Waals surface area (Å²) < 4.78 is 5.47. The van der Waals surface area contributed by atoms with Crippen molar-refractivity contribution in [2.75, 3.05) is 6.61 Å². The number of carbonyl (C=O) groups excluding carboxylic acids is 1. The van der Waals surface area contributed by atoms with E-state index in [-0.39, 0.29) is 18.6 Å². The molecule has 1 N–H and O–H groups in total. The Morgan fingerprint density at radius 2 is 1.91 bits per heavy atom. The highest BCUT2D eigenvalue weighted by molar-refractivity contribution is 5.78. The van der Waals surface area contributed by atoms with Gasteiger partial charge in [0.15, 0.2) is 6.61 Å². The second kappa shape index (κ2) is 6.65. The van der Waals surface area contributed by atoms with Crippen LogP contribution in [0.3, 0.4) is 0 Å². The largest absolute Gasteiger partial charge is 0.484 e. The molecule has 1 atom stereocenters. The first-order valence-corrected chi connectivity index (χ1v) is 7.81. The summed E-state index contributed by atoms with van der Waals surface area (Å²) >= 11 is 0. The maximum absolute atomic E-state index is 12.0. The SMILES string of the molecule is CC(NC(=O)COc1ccccc1)c1ccc2c(c1)CCC2. The zero-order valence-corrected chi connectivity index (χ0v) is 12.8. The van der Waals surface area contributed by atoms with Crippen LogP contribution in [0.2, 0.25) is 0 Å². The van der Waals surface area contributed by atoms with Crippen LogP contribution in [0.4, 0.5) is 0 Å². The van der Waals surface area contributed by atoms with Gasteiger partial charge < -0.3 is 10.1 Å². The minimum absolute atomic E-state index is 0.00206. The van der Waals surface area contributed by atoms with Crippen LogP contribution in [0.5, 0.6) is 5.75 Å². The second-order valence-corrected chi connectivity index (χ2v) is 5.77. The molecule has 0 bridgehead atoms. The summed E-state index contributed by atoms with van der Waals surface area (Å²) in [6.07, 6.45) is 3.58. The minimum Gasteiger partial charge on any atom is -0.484 e. The summed E-state index contributed by atoms with van der Waals surface area (Å²) in [5.74, 6) is 0.611. The highest BCUT2D eigenvalue weighted by atomic mass is 16.5. The van der Waals surface area contributed by atoms with Crippen LogP contribution in [-0.2, 0) is 17.6 Å². The molecule has 0 saturated heterocycles. The van der Waals surface area contributed by atoms with Gasteiger partial charge in [0.1, 0.15) is 5.75 Å². The van der Waals surface area contributed by atoms with Gasteiger partial charge in [-0.3, -0.25) is 4.79 Å². The van der Waals surface area contributed by atoms with E-state index in [0.717, 1.165) is 12.0 Å². The number of hydrogen-bond acceptors (Lipinski definition) is 2. The molecule has 1 aliphatic rings. The summed E-state index contributed by atoms with van der Waals surface area (Å²) in [5, 5.41) is 2.99. The van der Waals surface area contributed by atoms with Crippen LogP contribution in [0.25, 0.3) is 0 Å². The number of para-hydroxylation sites is 1. The van der Waals surface area contributed by atoms with E-state index in [1.807, 2.05) is 37.3 Å². The van der Waals surface area contributed by atoms with Gasteiger partial charge in [0.25, 0.3) is 5.91 Å². The summed E-state index contributed by atoms with van der Waals surface area (Å²) in [6, 6.07) is 15.9. The molecule has 0 spiro atoms. The molecule has 2 aromatic rings. The van der Waals surface area contributed by atoms with Crippen molar-refractivity contribution in [3.63, 3.8) is 0 Å². The Morgan fingerprint density at radius 1 is 1.14 bits per heavy atom. The number of ether oxygens (including phenoxy) is 1. The Morgan fingerprint density at radius 3 is 2.73 bits per heavy atom. The predicted molar refractivity (Wildman–Crippen MR) is 87.0 cm³/mol.